The molecule has 2 amide bonds. The van der Waals surface area contributed by atoms with Gasteiger partial charge in [-0.05, 0) is 19.3 Å². The first kappa shape index (κ1) is 13.5. The topological polar surface area (TPSA) is 73.2 Å². The van der Waals surface area contributed by atoms with Crippen LogP contribution in [-0.2, 0) is 9.59 Å². The van der Waals surface area contributed by atoms with E-state index in [1.165, 1.54) is 0 Å². The fraction of sp³-hybridized carbons (Fsp3) is 0.750. The van der Waals surface area contributed by atoms with E-state index in [0.29, 0.717) is 25.8 Å². The summed E-state index contributed by atoms with van der Waals surface area (Å²) in [6.07, 6.45) is 1.54. The Balaban J connectivity index is 2.73. The Hall–Kier alpha value is -1.57. The van der Waals surface area contributed by atoms with E-state index in [4.69, 9.17) is 5.26 Å². The van der Waals surface area contributed by atoms with E-state index < -0.39 is 11.5 Å². The lowest BCUT2D eigenvalue weighted by atomic mass is 9.83. The molecule has 5 heteroatoms. The molecule has 0 bridgehead atoms. The van der Waals surface area contributed by atoms with E-state index in [1.54, 1.807) is 11.9 Å². The van der Waals surface area contributed by atoms with Crippen molar-refractivity contribution >= 4 is 11.8 Å². The molecule has 0 aliphatic carbocycles. The third-order valence-corrected chi connectivity index (χ3v) is 3.59. The summed E-state index contributed by atoms with van der Waals surface area (Å²) >= 11 is 0. The van der Waals surface area contributed by atoms with Crippen LogP contribution in [0.5, 0.6) is 0 Å². The van der Waals surface area contributed by atoms with Gasteiger partial charge in [0.25, 0.3) is 0 Å². The second kappa shape index (κ2) is 5.17. The van der Waals surface area contributed by atoms with Gasteiger partial charge in [0.05, 0.1) is 6.07 Å². The molecule has 17 heavy (non-hydrogen) atoms. The Kier molecular flexibility index (Phi) is 4.11. The summed E-state index contributed by atoms with van der Waals surface area (Å²) in [4.78, 5) is 25.3. The van der Waals surface area contributed by atoms with Gasteiger partial charge >= 0.3 is 0 Å². The van der Waals surface area contributed by atoms with Crippen LogP contribution in [0.15, 0.2) is 0 Å². The van der Waals surface area contributed by atoms with Gasteiger partial charge in [-0.2, -0.15) is 5.26 Å². The number of nitrogens with one attached hydrogen (secondary N) is 1. The van der Waals surface area contributed by atoms with Crippen molar-refractivity contribution in [1.82, 2.24) is 10.2 Å². The second-order valence-electron chi connectivity index (χ2n) is 4.48. The zero-order valence-corrected chi connectivity index (χ0v) is 10.6. The minimum absolute atomic E-state index is 0.0719. The summed E-state index contributed by atoms with van der Waals surface area (Å²) in [5.41, 5.74) is -0.999. The van der Waals surface area contributed by atoms with E-state index in [0.717, 1.165) is 0 Å². The highest BCUT2D eigenvalue weighted by Gasteiger charge is 2.39. The summed E-state index contributed by atoms with van der Waals surface area (Å²) in [5, 5.41) is 11.8. The zero-order chi connectivity index (χ0) is 13.1. The van der Waals surface area contributed by atoms with Gasteiger partial charge in [0.2, 0.25) is 11.8 Å². The van der Waals surface area contributed by atoms with Crippen molar-refractivity contribution in [2.24, 2.45) is 5.41 Å². The first-order chi connectivity index (χ1) is 8.00. The number of carbonyl (C=O) groups is 2. The Morgan fingerprint density at radius 1 is 1.59 bits per heavy atom. The molecule has 1 rings (SSSR count). The predicted octanol–water partition coefficient (Wildman–Crippen LogP) is 0.663. The van der Waals surface area contributed by atoms with Crippen LogP contribution in [0.4, 0.5) is 0 Å². The average Bonchev–Trinajstić information content (AvgIpc) is 2.64. The molecule has 0 aromatic carbocycles. The molecule has 1 atom stereocenters. The Labute approximate surface area is 102 Å². The van der Waals surface area contributed by atoms with Gasteiger partial charge in [0.1, 0.15) is 11.5 Å². The minimum atomic E-state index is -0.999. The number of likely N-dealkylation sites (N-methyl/N-ethyl adjacent to an activating group) is 1. The summed E-state index contributed by atoms with van der Waals surface area (Å²) < 4.78 is 0. The van der Waals surface area contributed by atoms with E-state index in [9.17, 15) is 9.59 Å². The maximum Gasteiger partial charge on any atom is 0.244 e. The molecule has 1 fully saturated rings. The summed E-state index contributed by atoms with van der Waals surface area (Å²) in [7, 11) is 1.71. The van der Waals surface area contributed by atoms with Crippen LogP contribution in [0.3, 0.4) is 0 Å². The van der Waals surface area contributed by atoms with Crippen LogP contribution in [-0.4, -0.2) is 36.3 Å². The van der Waals surface area contributed by atoms with Crippen LogP contribution in [0.25, 0.3) is 0 Å². The summed E-state index contributed by atoms with van der Waals surface area (Å²) in [5.74, 6) is -0.393. The van der Waals surface area contributed by atoms with Crippen molar-refractivity contribution in [3.8, 4) is 6.07 Å². The summed E-state index contributed by atoms with van der Waals surface area (Å²) in [6, 6.07) is 1.62. The van der Waals surface area contributed by atoms with Crippen LogP contribution in [0.1, 0.15) is 33.1 Å². The van der Waals surface area contributed by atoms with Gasteiger partial charge in [-0.1, -0.05) is 13.8 Å². The number of likely N-dealkylation sites (tertiary alicyclic amines) is 1. The maximum atomic E-state index is 12.1. The van der Waals surface area contributed by atoms with Crippen LogP contribution in [0, 0.1) is 16.7 Å². The lowest BCUT2D eigenvalue weighted by Gasteiger charge is -2.24. The van der Waals surface area contributed by atoms with Gasteiger partial charge in [0, 0.05) is 13.6 Å². The summed E-state index contributed by atoms with van der Waals surface area (Å²) in [6.45, 7) is 4.28. The molecule has 1 unspecified atom stereocenters. The van der Waals surface area contributed by atoms with E-state index in [1.807, 2.05) is 13.8 Å². The monoisotopic (exact) mass is 237 g/mol. The Bertz CT molecular complexity index is 355. The third-order valence-electron chi connectivity index (χ3n) is 3.59. The van der Waals surface area contributed by atoms with Crippen molar-refractivity contribution in [3.05, 3.63) is 0 Å². The highest BCUT2D eigenvalue weighted by Crippen LogP contribution is 2.26. The van der Waals surface area contributed by atoms with E-state index in [2.05, 4.69) is 11.4 Å². The van der Waals surface area contributed by atoms with Crippen LogP contribution in [0.2, 0.25) is 0 Å². The predicted molar refractivity (Wildman–Crippen MR) is 62.8 cm³/mol. The zero-order valence-electron chi connectivity index (χ0n) is 10.6. The van der Waals surface area contributed by atoms with Gasteiger partial charge in [-0.25, -0.2) is 0 Å². The number of carbonyl (C=O) groups excluding carboxylic acids is 2. The van der Waals surface area contributed by atoms with E-state index in [-0.39, 0.29) is 11.8 Å². The number of rotatable bonds is 4. The lowest BCUT2D eigenvalue weighted by Crippen LogP contribution is -2.47. The van der Waals surface area contributed by atoms with Crippen molar-refractivity contribution < 1.29 is 9.59 Å². The molecular weight excluding hydrogens is 218 g/mol. The SMILES string of the molecule is CCC(C#N)(CC)C(=O)NC1CCN(C)C1=O. The van der Waals surface area contributed by atoms with Gasteiger partial charge < -0.3 is 10.2 Å². The fourth-order valence-corrected chi connectivity index (χ4v) is 2.03. The quantitative estimate of drug-likeness (QED) is 0.780. The second-order valence-corrected chi connectivity index (χ2v) is 4.48. The molecule has 0 aromatic rings. The fourth-order valence-electron chi connectivity index (χ4n) is 2.03. The van der Waals surface area contributed by atoms with Crippen molar-refractivity contribution in [2.75, 3.05) is 13.6 Å². The first-order valence-corrected chi connectivity index (χ1v) is 5.98. The molecule has 1 heterocycles. The molecular formula is C12H19N3O2. The first-order valence-electron chi connectivity index (χ1n) is 5.98. The highest BCUT2D eigenvalue weighted by atomic mass is 16.2. The number of nitrogens with zero attached hydrogens (tertiary/aromatic N) is 2. The molecule has 1 saturated heterocycles. The molecule has 0 radical (unpaired) electrons. The molecule has 0 saturated carbocycles. The van der Waals surface area contributed by atoms with Crippen molar-refractivity contribution in [1.29, 1.82) is 5.26 Å². The normalized spacial score (nSPS) is 20.2. The van der Waals surface area contributed by atoms with Gasteiger partial charge in [-0.15, -0.1) is 0 Å². The van der Waals surface area contributed by atoms with Crippen LogP contribution < -0.4 is 5.32 Å². The lowest BCUT2D eigenvalue weighted by molar-refractivity contribution is -0.135. The number of nitriles is 1. The number of amides is 2. The van der Waals surface area contributed by atoms with Gasteiger partial charge in [-0.3, -0.25) is 9.59 Å². The minimum Gasteiger partial charge on any atom is -0.344 e. The van der Waals surface area contributed by atoms with Gasteiger partial charge in [0.15, 0.2) is 0 Å². The maximum absolute atomic E-state index is 12.1. The molecule has 1 aliphatic heterocycles. The number of hydrogen-bond donors (Lipinski definition) is 1. The van der Waals surface area contributed by atoms with Crippen molar-refractivity contribution in [3.63, 3.8) is 0 Å². The highest BCUT2D eigenvalue weighted by molar-refractivity contribution is 5.92. The smallest absolute Gasteiger partial charge is 0.244 e. The molecule has 0 spiro atoms. The van der Waals surface area contributed by atoms with Crippen LogP contribution >= 0.6 is 0 Å². The largest absolute Gasteiger partial charge is 0.344 e. The van der Waals surface area contributed by atoms with Crippen molar-refractivity contribution in [2.45, 2.75) is 39.2 Å². The molecule has 5 nitrogen and oxygen atoms in total. The Morgan fingerprint density at radius 3 is 2.53 bits per heavy atom. The Morgan fingerprint density at radius 2 is 2.18 bits per heavy atom. The number of hydrogen-bond acceptors (Lipinski definition) is 3. The standard InChI is InChI=1S/C12H19N3O2/c1-4-12(5-2,8-13)11(17)14-9-6-7-15(3)10(9)16/h9H,4-7H2,1-3H3,(H,14,17). The molecule has 94 valence electrons. The molecule has 1 N–H and O–H groups in total. The third kappa shape index (κ3) is 2.41. The average molecular weight is 237 g/mol. The molecule has 0 aromatic heterocycles. The van der Waals surface area contributed by atoms with E-state index >= 15 is 0 Å². The molecule has 1 aliphatic rings.